The molecule has 4 heteroatoms. The molecule has 0 atom stereocenters. The van der Waals surface area contributed by atoms with Crippen LogP contribution >= 0.6 is 0 Å². The molecule has 0 unspecified atom stereocenters. The van der Waals surface area contributed by atoms with E-state index in [4.69, 9.17) is 9.47 Å². The third-order valence-corrected chi connectivity index (χ3v) is 4.50. The van der Waals surface area contributed by atoms with Gasteiger partial charge in [-0.2, -0.15) is 0 Å². The summed E-state index contributed by atoms with van der Waals surface area (Å²) in [7, 11) is 0. The molecule has 1 aliphatic carbocycles. The van der Waals surface area contributed by atoms with E-state index in [9.17, 15) is 4.79 Å². The molecule has 2 heterocycles. The minimum absolute atomic E-state index is 0.208. The minimum atomic E-state index is -0.712. The van der Waals surface area contributed by atoms with Gasteiger partial charge in [-0.05, 0) is 45.8 Å². The summed E-state index contributed by atoms with van der Waals surface area (Å²) in [6.07, 6.45) is 9.41. The third kappa shape index (κ3) is 1.86. The van der Waals surface area contributed by atoms with Gasteiger partial charge in [-0.1, -0.05) is 24.3 Å². The molecule has 112 valence electrons. The van der Waals surface area contributed by atoms with Crippen molar-refractivity contribution in [2.24, 2.45) is 4.99 Å². The van der Waals surface area contributed by atoms with Crippen molar-refractivity contribution in [3.8, 4) is 0 Å². The van der Waals surface area contributed by atoms with E-state index in [1.165, 1.54) is 6.08 Å². The fourth-order valence-corrected chi connectivity index (χ4v) is 3.44. The molecule has 1 amide bonds. The van der Waals surface area contributed by atoms with E-state index in [1.54, 1.807) is 0 Å². The second-order valence-electron chi connectivity index (χ2n) is 5.84. The first kappa shape index (κ1) is 12.9. The van der Waals surface area contributed by atoms with Crippen LogP contribution in [0.25, 0.3) is 29.0 Å². The molecule has 2 aliphatic heterocycles. The van der Waals surface area contributed by atoms with E-state index in [2.05, 4.69) is 23.2 Å². The van der Waals surface area contributed by atoms with Crippen molar-refractivity contribution in [1.29, 1.82) is 0 Å². The Bertz CT molecular complexity index is 1040. The molecule has 23 heavy (non-hydrogen) atoms. The third-order valence-electron chi connectivity index (χ3n) is 4.50. The van der Waals surface area contributed by atoms with Crippen molar-refractivity contribution in [3.63, 3.8) is 0 Å². The van der Waals surface area contributed by atoms with Gasteiger partial charge in [-0.15, -0.1) is 0 Å². The average molecular weight is 303 g/mol. The van der Waals surface area contributed by atoms with Gasteiger partial charge in [-0.3, -0.25) is 4.79 Å². The van der Waals surface area contributed by atoms with Gasteiger partial charge in [0.1, 0.15) is 0 Å². The van der Waals surface area contributed by atoms with Crippen LogP contribution in [0.3, 0.4) is 0 Å². The molecular weight excluding hydrogens is 290 g/mol. The van der Waals surface area contributed by atoms with Crippen LogP contribution in [0.5, 0.6) is 0 Å². The summed E-state index contributed by atoms with van der Waals surface area (Å²) in [5.74, 6) is -0.920. The van der Waals surface area contributed by atoms with Gasteiger partial charge < -0.3 is 9.47 Å². The number of benzene rings is 2. The van der Waals surface area contributed by atoms with E-state index in [0.29, 0.717) is 13.2 Å². The topological polar surface area (TPSA) is 47.9 Å². The van der Waals surface area contributed by atoms with Crippen molar-refractivity contribution < 1.29 is 14.3 Å². The first-order chi connectivity index (χ1) is 11.2. The van der Waals surface area contributed by atoms with Gasteiger partial charge in [0.2, 0.25) is 5.79 Å². The molecule has 0 saturated carbocycles. The first-order valence-corrected chi connectivity index (χ1v) is 7.61. The molecule has 0 radical (unpaired) electrons. The van der Waals surface area contributed by atoms with Gasteiger partial charge in [0, 0.05) is 11.6 Å². The molecule has 0 aromatic heterocycles. The number of rotatable bonds is 0. The van der Waals surface area contributed by atoms with Crippen molar-refractivity contribution >= 4 is 34.9 Å². The normalized spacial score (nSPS) is 20.3. The molecule has 0 bridgehead atoms. The monoisotopic (exact) mass is 303 g/mol. The van der Waals surface area contributed by atoms with Crippen molar-refractivity contribution in [1.82, 2.24) is 0 Å². The van der Waals surface area contributed by atoms with E-state index in [1.807, 2.05) is 30.4 Å². The minimum Gasteiger partial charge on any atom is -0.341 e. The predicted octanol–water partition coefficient (Wildman–Crippen LogP) is 1.56. The second-order valence-corrected chi connectivity index (χ2v) is 5.84. The maximum atomic E-state index is 11.4. The van der Waals surface area contributed by atoms with Crippen LogP contribution < -0.4 is 10.6 Å². The highest BCUT2D eigenvalue weighted by molar-refractivity contribution is 6.02. The zero-order valence-electron chi connectivity index (χ0n) is 12.3. The summed E-state index contributed by atoms with van der Waals surface area (Å²) in [6, 6.07) is 8.06. The van der Waals surface area contributed by atoms with Crippen LogP contribution in [0.1, 0.15) is 11.1 Å². The number of amides is 1. The summed E-state index contributed by atoms with van der Waals surface area (Å²) in [5, 5.41) is 4.05. The molecule has 3 aliphatic rings. The number of ether oxygens (including phenoxy) is 2. The van der Waals surface area contributed by atoms with Gasteiger partial charge in [0.05, 0.1) is 18.6 Å². The summed E-state index contributed by atoms with van der Waals surface area (Å²) in [5.41, 5.74) is 2.13. The van der Waals surface area contributed by atoms with Crippen molar-refractivity contribution in [3.05, 3.63) is 58.1 Å². The van der Waals surface area contributed by atoms with Crippen LogP contribution in [0.4, 0.5) is 0 Å². The zero-order valence-corrected chi connectivity index (χ0v) is 12.3. The lowest BCUT2D eigenvalue weighted by Gasteiger charge is -2.23. The van der Waals surface area contributed by atoms with Crippen LogP contribution in [-0.4, -0.2) is 24.9 Å². The Morgan fingerprint density at radius 1 is 0.913 bits per heavy atom. The van der Waals surface area contributed by atoms with Crippen LogP contribution in [-0.2, 0) is 14.3 Å². The van der Waals surface area contributed by atoms with Gasteiger partial charge >= 0.3 is 0 Å². The summed E-state index contributed by atoms with van der Waals surface area (Å²) < 4.78 is 11.4. The summed E-state index contributed by atoms with van der Waals surface area (Å²) in [4.78, 5) is 15.5. The largest absolute Gasteiger partial charge is 0.341 e. The number of hydrogen-bond donors (Lipinski definition) is 0. The molecule has 1 spiro atoms. The smallest absolute Gasteiger partial charge is 0.270 e. The van der Waals surface area contributed by atoms with E-state index in [0.717, 1.165) is 32.5 Å². The maximum Gasteiger partial charge on any atom is 0.270 e. The highest BCUT2D eigenvalue weighted by atomic mass is 16.7. The fourth-order valence-electron chi connectivity index (χ4n) is 3.44. The first-order valence-electron chi connectivity index (χ1n) is 7.61. The van der Waals surface area contributed by atoms with E-state index in [-0.39, 0.29) is 5.91 Å². The summed E-state index contributed by atoms with van der Waals surface area (Å²) >= 11 is 0. The van der Waals surface area contributed by atoms with Crippen molar-refractivity contribution in [2.45, 2.75) is 5.79 Å². The fraction of sp³-hybridized carbons (Fsp3) is 0.158. The number of carbonyl (C=O) groups is 1. The molecule has 2 aromatic carbocycles. The number of nitrogens with zero attached hydrogens (tertiary/aromatic N) is 1. The molecule has 0 N–H and O–H groups in total. The molecule has 1 saturated heterocycles. The Morgan fingerprint density at radius 2 is 1.70 bits per heavy atom. The van der Waals surface area contributed by atoms with Crippen LogP contribution in [0.2, 0.25) is 0 Å². The van der Waals surface area contributed by atoms with Gasteiger partial charge in [-0.25, -0.2) is 4.99 Å². The molecule has 1 fully saturated rings. The van der Waals surface area contributed by atoms with Gasteiger partial charge in [0.25, 0.3) is 5.91 Å². The van der Waals surface area contributed by atoms with Crippen LogP contribution in [0, 0.1) is 0 Å². The Kier molecular flexibility index (Phi) is 2.52. The molecule has 4 nitrogen and oxygen atoms in total. The summed E-state index contributed by atoms with van der Waals surface area (Å²) in [6.45, 7) is 1.22. The highest BCUT2D eigenvalue weighted by Gasteiger charge is 2.33. The molecular formula is C19H13NO3. The Balaban J connectivity index is 1.81. The Hall–Kier alpha value is -2.56. The lowest BCUT2D eigenvalue weighted by molar-refractivity contribution is -0.113. The lowest BCUT2D eigenvalue weighted by Crippen LogP contribution is -2.30. The predicted molar refractivity (Wildman–Crippen MR) is 86.9 cm³/mol. The van der Waals surface area contributed by atoms with Crippen molar-refractivity contribution in [2.75, 3.05) is 13.2 Å². The zero-order chi connectivity index (χ0) is 15.4. The highest BCUT2D eigenvalue weighted by Crippen LogP contribution is 2.29. The Labute approximate surface area is 132 Å². The average Bonchev–Trinajstić information content (AvgIpc) is 3.01. The van der Waals surface area contributed by atoms with Gasteiger partial charge in [0.15, 0.2) is 0 Å². The standard InChI is InChI=1S/C19H13NO3/c21-18-6-4-16-15-2-1-12-11-19(22-9-10-23-19)8-7-13(12)14(15)3-5-17(16)20-18/h1-8,11H,9-10H2. The number of hydrogen-bond acceptors (Lipinski definition) is 3. The molecule has 5 rings (SSSR count). The lowest BCUT2D eigenvalue weighted by atomic mass is 9.93. The maximum absolute atomic E-state index is 11.4. The van der Waals surface area contributed by atoms with E-state index >= 15 is 0 Å². The Morgan fingerprint density at radius 3 is 2.57 bits per heavy atom. The SMILES string of the molecule is O=C1C=Cc2c(ccc3c4c(ccc23)=CC2(C=C4)OCCO2)=N1. The number of fused-ring (bicyclic) bond motifs is 5. The second kappa shape index (κ2) is 4.47. The molecule has 2 aromatic rings. The number of carbonyl (C=O) groups excluding carboxylic acids is 1. The quantitative estimate of drug-likeness (QED) is 0.742. The van der Waals surface area contributed by atoms with E-state index < -0.39 is 5.79 Å². The van der Waals surface area contributed by atoms with Crippen LogP contribution in [0.15, 0.2) is 41.4 Å².